The van der Waals surface area contributed by atoms with E-state index in [2.05, 4.69) is 5.32 Å². The Morgan fingerprint density at radius 3 is 2.50 bits per heavy atom. The molecule has 1 N–H and O–H groups in total. The van der Waals surface area contributed by atoms with Crippen LogP contribution in [0.4, 0.5) is 0 Å². The van der Waals surface area contributed by atoms with Gasteiger partial charge in [-0.05, 0) is 32.1 Å². The lowest BCUT2D eigenvalue weighted by molar-refractivity contribution is -0.157. The summed E-state index contributed by atoms with van der Waals surface area (Å²) in [6.07, 6.45) is 4.02. The van der Waals surface area contributed by atoms with Crippen LogP contribution >= 0.6 is 0 Å². The SMILES string of the molecule is CCC1C(=O)NC(CC)(CC)C(=O)N1CC1CCCO1. The summed E-state index contributed by atoms with van der Waals surface area (Å²) in [4.78, 5) is 27.0. The summed E-state index contributed by atoms with van der Waals surface area (Å²) in [7, 11) is 0. The summed E-state index contributed by atoms with van der Waals surface area (Å²) >= 11 is 0. The Bertz CT molecular complexity index is 373. The van der Waals surface area contributed by atoms with Crippen molar-refractivity contribution in [1.82, 2.24) is 10.2 Å². The molecular weight excluding hydrogens is 256 g/mol. The molecule has 0 aromatic rings. The van der Waals surface area contributed by atoms with Crippen molar-refractivity contribution >= 4 is 11.8 Å². The molecule has 0 aromatic carbocycles. The monoisotopic (exact) mass is 282 g/mol. The topological polar surface area (TPSA) is 58.6 Å². The predicted octanol–water partition coefficient (Wildman–Crippen LogP) is 1.46. The van der Waals surface area contributed by atoms with E-state index in [0.29, 0.717) is 25.8 Å². The van der Waals surface area contributed by atoms with Crippen molar-refractivity contribution in [3.8, 4) is 0 Å². The number of nitrogens with zero attached hydrogens (tertiary/aromatic N) is 1. The molecule has 0 radical (unpaired) electrons. The Hall–Kier alpha value is -1.10. The second kappa shape index (κ2) is 6.12. The van der Waals surface area contributed by atoms with Crippen LogP contribution in [0.5, 0.6) is 0 Å². The molecule has 2 amide bonds. The van der Waals surface area contributed by atoms with Crippen LogP contribution in [-0.4, -0.2) is 47.6 Å². The molecule has 2 rings (SSSR count). The van der Waals surface area contributed by atoms with Crippen LogP contribution in [0.3, 0.4) is 0 Å². The molecule has 2 heterocycles. The van der Waals surface area contributed by atoms with E-state index >= 15 is 0 Å². The summed E-state index contributed by atoms with van der Waals surface area (Å²) in [6.45, 7) is 7.18. The first-order chi connectivity index (χ1) is 9.57. The Morgan fingerprint density at radius 2 is 2.00 bits per heavy atom. The van der Waals surface area contributed by atoms with Crippen molar-refractivity contribution < 1.29 is 14.3 Å². The zero-order valence-electron chi connectivity index (χ0n) is 12.8. The quantitative estimate of drug-likeness (QED) is 0.830. The fraction of sp³-hybridized carbons (Fsp3) is 0.867. The van der Waals surface area contributed by atoms with Crippen LogP contribution in [0.2, 0.25) is 0 Å². The Kier molecular flexibility index (Phi) is 4.68. The molecule has 0 spiro atoms. The van der Waals surface area contributed by atoms with Crippen molar-refractivity contribution in [2.45, 2.75) is 70.6 Å². The lowest BCUT2D eigenvalue weighted by Gasteiger charge is -2.46. The molecule has 5 heteroatoms. The molecule has 5 nitrogen and oxygen atoms in total. The highest BCUT2D eigenvalue weighted by molar-refractivity contribution is 5.99. The first-order valence-electron chi connectivity index (χ1n) is 7.82. The molecule has 0 bridgehead atoms. The summed E-state index contributed by atoms with van der Waals surface area (Å²) in [5.41, 5.74) is -0.721. The van der Waals surface area contributed by atoms with Crippen LogP contribution in [0.25, 0.3) is 0 Å². The van der Waals surface area contributed by atoms with Gasteiger partial charge in [-0.2, -0.15) is 0 Å². The third-order valence-electron chi connectivity index (χ3n) is 4.73. The molecule has 114 valence electrons. The molecule has 0 aromatic heterocycles. The molecule has 2 unspecified atom stereocenters. The van der Waals surface area contributed by atoms with Gasteiger partial charge in [0.25, 0.3) is 0 Å². The van der Waals surface area contributed by atoms with E-state index in [4.69, 9.17) is 4.74 Å². The van der Waals surface area contributed by atoms with Crippen LogP contribution in [0.15, 0.2) is 0 Å². The van der Waals surface area contributed by atoms with Gasteiger partial charge in [0.2, 0.25) is 11.8 Å². The highest BCUT2D eigenvalue weighted by Crippen LogP contribution is 2.27. The fourth-order valence-electron chi connectivity index (χ4n) is 3.28. The van der Waals surface area contributed by atoms with E-state index in [-0.39, 0.29) is 24.0 Å². The lowest BCUT2D eigenvalue weighted by Crippen LogP contribution is -2.70. The van der Waals surface area contributed by atoms with E-state index in [1.165, 1.54) is 0 Å². The van der Waals surface area contributed by atoms with Crippen LogP contribution in [-0.2, 0) is 14.3 Å². The number of hydrogen-bond acceptors (Lipinski definition) is 3. The predicted molar refractivity (Wildman–Crippen MR) is 76.2 cm³/mol. The van der Waals surface area contributed by atoms with E-state index in [1.54, 1.807) is 4.90 Å². The number of rotatable bonds is 5. The minimum Gasteiger partial charge on any atom is -0.376 e. The Labute approximate surface area is 121 Å². The molecule has 0 saturated carbocycles. The average Bonchev–Trinajstić information content (AvgIpc) is 2.96. The standard InChI is InChI=1S/C15H26N2O3/c1-4-12-13(18)16-15(5-2,6-3)14(19)17(12)10-11-8-7-9-20-11/h11-12H,4-10H2,1-3H3,(H,16,18). The zero-order valence-corrected chi connectivity index (χ0v) is 12.8. The molecule has 2 fully saturated rings. The van der Waals surface area contributed by atoms with Crippen LogP contribution < -0.4 is 5.32 Å². The van der Waals surface area contributed by atoms with Gasteiger partial charge in [-0.1, -0.05) is 20.8 Å². The normalized spacial score (nSPS) is 29.6. The van der Waals surface area contributed by atoms with Gasteiger partial charge < -0.3 is 15.0 Å². The Morgan fingerprint density at radius 1 is 1.30 bits per heavy atom. The summed E-state index contributed by atoms with van der Waals surface area (Å²) in [6, 6.07) is -0.349. The molecule has 0 aliphatic carbocycles. The van der Waals surface area contributed by atoms with Gasteiger partial charge in [-0.15, -0.1) is 0 Å². The fourth-order valence-corrected chi connectivity index (χ4v) is 3.28. The number of carbonyl (C=O) groups excluding carboxylic acids is 2. The molecule has 2 saturated heterocycles. The summed E-state index contributed by atoms with van der Waals surface area (Å²) < 4.78 is 5.64. The third kappa shape index (κ3) is 2.55. The average molecular weight is 282 g/mol. The van der Waals surface area contributed by atoms with Gasteiger partial charge in [0.15, 0.2) is 0 Å². The van der Waals surface area contributed by atoms with Crippen molar-refractivity contribution in [2.24, 2.45) is 0 Å². The molecule has 2 aliphatic rings. The van der Waals surface area contributed by atoms with Gasteiger partial charge in [0.1, 0.15) is 11.6 Å². The molecule has 2 aliphatic heterocycles. The summed E-state index contributed by atoms with van der Waals surface area (Å²) in [5.74, 6) is 0.0400. The number of ether oxygens (including phenoxy) is 1. The summed E-state index contributed by atoms with van der Waals surface area (Å²) in [5, 5.41) is 2.96. The van der Waals surface area contributed by atoms with Crippen molar-refractivity contribution in [1.29, 1.82) is 0 Å². The smallest absolute Gasteiger partial charge is 0.249 e. The van der Waals surface area contributed by atoms with Crippen molar-refractivity contribution in [3.63, 3.8) is 0 Å². The lowest BCUT2D eigenvalue weighted by atomic mass is 9.86. The second-order valence-electron chi connectivity index (χ2n) is 5.80. The molecule has 20 heavy (non-hydrogen) atoms. The maximum absolute atomic E-state index is 12.9. The van der Waals surface area contributed by atoms with Crippen molar-refractivity contribution in [2.75, 3.05) is 13.2 Å². The maximum Gasteiger partial charge on any atom is 0.249 e. The molecule has 2 atom stereocenters. The first kappa shape index (κ1) is 15.3. The van der Waals surface area contributed by atoms with Crippen LogP contribution in [0, 0.1) is 0 Å². The number of carbonyl (C=O) groups is 2. The number of amides is 2. The largest absolute Gasteiger partial charge is 0.376 e. The van der Waals surface area contributed by atoms with Crippen LogP contribution in [0.1, 0.15) is 52.9 Å². The molecular formula is C15H26N2O3. The van der Waals surface area contributed by atoms with E-state index < -0.39 is 5.54 Å². The maximum atomic E-state index is 12.9. The van der Waals surface area contributed by atoms with Gasteiger partial charge in [-0.3, -0.25) is 9.59 Å². The van der Waals surface area contributed by atoms with Crippen molar-refractivity contribution in [3.05, 3.63) is 0 Å². The van der Waals surface area contributed by atoms with E-state index in [1.807, 2.05) is 20.8 Å². The number of piperazine rings is 1. The highest BCUT2D eigenvalue weighted by atomic mass is 16.5. The number of hydrogen-bond donors (Lipinski definition) is 1. The second-order valence-corrected chi connectivity index (χ2v) is 5.80. The van der Waals surface area contributed by atoms with Gasteiger partial charge in [0, 0.05) is 13.2 Å². The highest BCUT2D eigenvalue weighted by Gasteiger charge is 2.48. The van der Waals surface area contributed by atoms with Gasteiger partial charge >= 0.3 is 0 Å². The van der Waals surface area contributed by atoms with Gasteiger partial charge in [0.05, 0.1) is 6.10 Å². The Balaban J connectivity index is 2.22. The van der Waals surface area contributed by atoms with E-state index in [9.17, 15) is 9.59 Å². The van der Waals surface area contributed by atoms with Gasteiger partial charge in [-0.25, -0.2) is 0 Å². The minimum atomic E-state index is -0.721. The zero-order chi connectivity index (χ0) is 14.8. The third-order valence-corrected chi connectivity index (χ3v) is 4.73. The first-order valence-corrected chi connectivity index (χ1v) is 7.82. The van der Waals surface area contributed by atoms with E-state index in [0.717, 1.165) is 19.4 Å². The minimum absolute atomic E-state index is 0.0196. The number of nitrogens with one attached hydrogen (secondary N) is 1.